The van der Waals surface area contributed by atoms with Gasteiger partial charge in [-0.3, -0.25) is 0 Å². The van der Waals surface area contributed by atoms with Crippen molar-refractivity contribution in [3.8, 4) is 0 Å². The lowest BCUT2D eigenvalue weighted by Gasteiger charge is -2.05. The highest BCUT2D eigenvalue weighted by atomic mass is 35.5. The van der Waals surface area contributed by atoms with Crippen molar-refractivity contribution in [2.24, 2.45) is 0 Å². The zero-order valence-corrected chi connectivity index (χ0v) is 12.5. The summed E-state index contributed by atoms with van der Waals surface area (Å²) in [6.45, 7) is 5.98. The van der Waals surface area contributed by atoms with E-state index in [1.165, 1.54) is 11.3 Å². The molecule has 0 aromatic carbocycles. The molecule has 0 fully saturated rings. The summed E-state index contributed by atoms with van der Waals surface area (Å²) in [7, 11) is -3.30. The fourth-order valence-electron chi connectivity index (χ4n) is 1.20. The average Bonchev–Trinajstić information content (AvgIpc) is 2.65. The van der Waals surface area contributed by atoms with Gasteiger partial charge < -0.3 is 5.32 Å². The predicted molar refractivity (Wildman–Crippen MR) is 74.7 cm³/mol. The van der Waals surface area contributed by atoms with Gasteiger partial charge in [0, 0.05) is 18.0 Å². The molecule has 0 saturated heterocycles. The second-order valence-corrected chi connectivity index (χ2v) is 6.79. The molecule has 7 heteroatoms. The molecule has 0 spiro atoms. The number of nitrogens with one attached hydrogen (secondary N) is 2. The van der Waals surface area contributed by atoms with Crippen LogP contribution in [0.3, 0.4) is 0 Å². The van der Waals surface area contributed by atoms with Crippen LogP contribution in [0.25, 0.3) is 0 Å². The van der Waals surface area contributed by atoms with E-state index in [0.29, 0.717) is 17.3 Å². The molecule has 4 nitrogen and oxygen atoms in total. The molecule has 0 aliphatic heterocycles. The lowest BCUT2D eigenvalue weighted by atomic mass is 10.5. The minimum Gasteiger partial charge on any atom is -0.315 e. The van der Waals surface area contributed by atoms with E-state index in [9.17, 15) is 8.42 Å². The standard InChI is InChI=1S/C10H18N2O2S2.ClH/c1-3-6-11-7-8-12-16(13,14)10-5-4-9(2)15-10;/h4-5,11-12H,3,6-8H2,1-2H3;1H. The van der Waals surface area contributed by atoms with Crippen molar-refractivity contribution in [3.05, 3.63) is 17.0 Å². The Kier molecular flexibility index (Phi) is 7.98. The number of hydrogen-bond acceptors (Lipinski definition) is 4. The van der Waals surface area contributed by atoms with Crippen LogP contribution in [0.5, 0.6) is 0 Å². The molecular weight excluding hydrogens is 280 g/mol. The first-order valence-electron chi connectivity index (χ1n) is 5.33. The molecule has 1 heterocycles. The maximum atomic E-state index is 11.7. The predicted octanol–water partition coefficient (Wildman–Crippen LogP) is 1.76. The lowest BCUT2D eigenvalue weighted by Crippen LogP contribution is -2.31. The van der Waals surface area contributed by atoms with E-state index in [4.69, 9.17) is 0 Å². The molecule has 0 aliphatic rings. The van der Waals surface area contributed by atoms with E-state index < -0.39 is 10.0 Å². The molecule has 17 heavy (non-hydrogen) atoms. The average molecular weight is 299 g/mol. The zero-order valence-electron chi connectivity index (χ0n) is 10.0. The summed E-state index contributed by atoms with van der Waals surface area (Å²) in [5.41, 5.74) is 0. The molecule has 1 aromatic rings. The minimum absolute atomic E-state index is 0. The van der Waals surface area contributed by atoms with E-state index in [2.05, 4.69) is 17.0 Å². The Balaban J connectivity index is 0.00000256. The molecule has 0 saturated carbocycles. The normalized spacial score (nSPS) is 11.2. The largest absolute Gasteiger partial charge is 0.315 e. The Labute approximate surface area is 113 Å². The quantitative estimate of drug-likeness (QED) is 0.754. The third kappa shape index (κ3) is 5.83. The molecule has 0 aliphatic carbocycles. The van der Waals surface area contributed by atoms with E-state index in [1.54, 1.807) is 6.07 Å². The Morgan fingerprint density at radius 1 is 1.24 bits per heavy atom. The van der Waals surface area contributed by atoms with Crippen LogP contribution in [0.2, 0.25) is 0 Å². The van der Waals surface area contributed by atoms with Crippen LogP contribution in [0.4, 0.5) is 0 Å². The van der Waals surface area contributed by atoms with Crippen molar-refractivity contribution in [1.29, 1.82) is 0 Å². The summed E-state index contributed by atoms with van der Waals surface area (Å²) in [4.78, 5) is 1.00. The summed E-state index contributed by atoms with van der Waals surface area (Å²) in [5.74, 6) is 0. The Morgan fingerprint density at radius 3 is 2.47 bits per heavy atom. The highest BCUT2D eigenvalue weighted by Gasteiger charge is 2.14. The monoisotopic (exact) mass is 298 g/mol. The molecule has 0 atom stereocenters. The Bertz CT molecular complexity index is 418. The van der Waals surface area contributed by atoms with Crippen LogP contribution in [-0.4, -0.2) is 28.1 Å². The first-order valence-corrected chi connectivity index (χ1v) is 7.63. The van der Waals surface area contributed by atoms with Crippen molar-refractivity contribution in [1.82, 2.24) is 10.0 Å². The SMILES string of the molecule is CCCNCCNS(=O)(=O)c1ccc(C)s1.Cl. The van der Waals surface area contributed by atoms with Crippen molar-refractivity contribution >= 4 is 33.8 Å². The molecular formula is C10H19ClN2O2S2. The summed E-state index contributed by atoms with van der Waals surface area (Å²) in [6.07, 6.45) is 1.05. The second kappa shape index (κ2) is 8.05. The fourth-order valence-corrected chi connectivity index (χ4v) is 3.56. The Hall–Kier alpha value is -0.140. The van der Waals surface area contributed by atoms with E-state index in [-0.39, 0.29) is 12.4 Å². The fraction of sp³-hybridized carbons (Fsp3) is 0.600. The van der Waals surface area contributed by atoms with Crippen molar-refractivity contribution in [3.63, 3.8) is 0 Å². The van der Waals surface area contributed by atoms with Crippen LogP contribution >= 0.6 is 23.7 Å². The van der Waals surface area contributed by atoms with Gasteiger partial charge in [-0.15, -0.1) is 23.7 Å². The number of thiophene rings is 1. The van der Waals surface area contributed by atoms with Gasteiger partial charge in [-0.25, -0.2) is 13.1 Å². The molecule has 100 valence electrons. The van der Waals surface area contributed by atoms with Gasteiger partial charge >= 0.3 is 0 Å². The van der Waals surface area contributed by atoms with E-state index in [1.807, 2.05) is 13.0 Å². The third-order valence-electron chi connectivity index (χ3n) is 2.00. The highest BCUT2D eigenvalue weighted by Crippen LogP contribution is 2.19. The van der Waals surface area contributed by atoms with E-state index >= 15 is 0 Å². The summed E-state index contributed by atoms with van der Waals surface area (Å²) < 4.78 is 26.5. The first-order chi connectivity index (χ1) is 7.56. The zero-order chi connectivity index (χ0) is 12.0. The second-order valence-electron chi connectivity index (χ2n) is 3.51. The van der Waals surface area contributed by atoms with Gasteiger partial charge in [0.15, 0.2) is 0 Å². The number of rotatable bonds is 7. The van der Waals surface area contributed by atoms with Gasteiger partial charge in [0.05, 0.1) is 0 Å². The summed E-state index contributed by atoms with van der Waals surface area (Å²) in [6, 6.07) is 3.45. The molecule has 0 unspecified atom stereocenters. The van der Waals surface area contributed by atoms with E-state index in [0.717, 1.165) is 17.8 Å². The smallest absolute Gasteiger partial charge is 0.250 e. The van der Waals surface area contributed by atoms with Crippen LogP contribution in [0, 0.1) is 6.92 Å². The summed E-state index contributed by atoms with van der Waals surface area (Å²) >= 11 is 1.29. The molecule has 1 rings (SSSR count). The molecule has 2 N–H and O–H groups in total. The number of halogens is 1. The van der Waals surface area contributed by atoms with Crippen molar-refractivity contribution in [2.75, 3.05) is 19.6 Å². The van der Waals surface area contributed by atoms with Gasteiger partial charge in [-0.05, 0) is 32.0 Å². The Morgan fingerprint density at radius 2 is 1.94 bits per heavy atom. The van der Waals surface area contributed by atoms with Gasteiger partial charge in [0.25, 0.3) is 0 Å². The maximum Gasteiger partial charge on any atom is 0.250 e. The number of sulfonamides is 1. The minimum atomic E-state index is -3.30. The van der Waals surface area contributed by atoms with Crippen molar-refractivity contribution < 1.29 is 8.42 Å². The highest BCUT2D eigenvalue weighted by molar-refractivity contribution is 7.91. The van der Waals surface area contributed by atoms with Crippen LogP contribution < -0.4 is 10.0 Å². The third-order valence-corrected chi connectivity index (χ3v) is 4.95. The molecule has 0 bridgehead atoms. The topological polar surface area (TPSA) is 58.2 Å². The molecule has 1 aromatic heterocycles. The van der Waals surface area contributed by atoms with Crippen molar-refractivity contribution in [2.45, 2.75) is 24.5 Å². The van der Waals surface area contributed by atoms with Crippen LogP contribution in [-0.2, 0) is 10.0 Å². The maximum absolute atomic E-state index is 11.7. The molecule has 0 radical (unpaired) electrons. The van der Waals surface area contributed by atoms with Gasteiger partial charge in [0.1, 0.15) is 4.21 Å². The summed E-state index contributed by atoms with van der Waals surface area (Å²) in [5, 5.41) is 3.14. The van der Waals surface area contributed by atoms with Crippen LogP contribution in [0.15, 0.2) is 16.3 Å². The van der Waals surface area contributed by atoms with Gasteiger partial charge in [0.2, 0.25) is 10.0 Å². The number of hydrogen-bond donors (Lipinski definition) is 2. The number of aryl methyl sites for hydroxylation is 1. The first kappa shape index (κ1) is 16.9. The van der Waals surface area contributed by atoms with Gasteiger partial charge in [-0.2, -0.15) is 0 Å². The lowest BCUT2D eigenvalue weighted by molar-refractivity contribution is 0.577. The molecule has 0 amide bonds. The van der Waals surface area contributed by atoms with Gasteiger partial charge in [-0.1, -0.05) is 6.92 Å². The van der Waals surface area contributed by atoms with Crippen LogP contribution in [0.1, 0.15) is 18.2 Å².